The molecule has 1 amide bonds. The monoisotopic (exact) mass is 324 g/mol. The molecule has 1 heterocycles. The van der Waals surface area contributed by atoms with Gasteiger partial charge in [-0.2, -0.15) is 0 Å². The second kappa shape index (κ2) is 6.38. The summed E-state index contributed by atoms with van der Waals surface area (Å²) in [7, 11) is -1.12. The quantitative estimate of drug-likeness (QED) is 0.888. The minimum Gasteiger partial charge on any atom is -0.349 e. The molecule has 2 atom stereocenters. The lowest BCUT2D eigenvalue weighted by molar-refractivity contribution is -0.123. The fraction of sp³-hybridized carbons (Fsp3) is 0.562. The molecule has 122 valence electrons. The molecule has 2 rings (SSSR count). The molecule has 0 saturated carbocycles. The summed E-state index contributed by atoms with van der Waals surface area (Å²) in [5, 5.41) is 2.89. The molecule has 1 aliphatic rings. The second-order valence-electron chi connectivity index (χ2n) is 6.45. The van der Waals surface area contributed by atoms with Gasteiger partial charge in [-0.15, -0.1) is 0 Å². The van der Waals surface area contributed by atoms with Gasteiger partial charge in [0.1, 0.15) is 0 Å². The Balaban J connectivity index is 1.92. The molecule has 0 spiro atoms. The van der Waals surface area contributed by atoms with Gasteiger partial charge < -0.3 is 5.32 Å². The Hall–Kier alpha value is -1.40. The van der Waals surface area contributed by atoms with Gasteiger partial charge in [-0.05, 0) is 32.9 Å². The molecule has 1 aliphatic heterocycles. The first-order valence-electron chi connectivity index (χ1n) is 7.47. The van der Waals surface area contributed by atoms with Crippen LogP contribution in [0.15, 0.2) is 30.3 Å². The predicted octanol–water partition coefficient (Wildman–Crippen LogP) is 1.37. The van der Waals surface area contributed by atoms with Crippen LogP contribution in [0.2, 0.25) is 0 Å². The van der Waals surface area contributed by atoms with Crippen LogP contribution in [0.5, 0.6) is 0 Å². The van der Waals surface area contributed by atoms with Crippen LogP contribution in [0, 0.1) is 0 Å². The predicted molar refractivity (Wildman–Crippen MR) is 87.3 cm³/mol. The van der Waals surface area contributed by atoms with Crippen LogP contribution in [-0.2, 0) is 14.6 Å². The van der Waals surface area contributed by atoms with Crippen LogP contribution in [0.3, 0.4) is 0 Å². The highest BCUT2D eigenvalue weighted by molar-refractivity contribution is 7.91. The van der Waals surface area contributed by atoms with E-state index in [1.807, 2.05) is 49.2 Å². The number of nitrogens with zero attached hydrogens (tertiary/aromatic N) is 1. The van der Waals surface area contributed by atoms with Gasteiger partial charge in [-0.1, -0.05) is 30.3 Å². The molecule has 6 heteroatoms. The Morgan fingerprint density at radius 1 is 1.36 bits per heavy atom. The van der Waals surface area contributed by atoms with Crippen molar-refractivity contribution in [3.63, 3.8) is 0 Å². The third-order valence-corrected chi connectivity index (χ3v) is 6.18. The number of hydrogen-bond acceptors (Lipinski definition) is 4. The van der Waals surface area contributed by atoms with Gasteiger partial charge in [-0.25, -0.2) is 8.42 Å². The van der Waals surface area contributed by atoms with Crippen molar-refractivity contribution < 1.29 is 13.2 Å². The van der Waals surface area contributed by atoms with E-state index in [-0.39, 0.29) is 30.0 Å². The van der Waals surface area contributed by atoms with Crippen LogP contribution in [0.1, 0.15) is 31.9 Å². The van der Waals surface area contributed by atoms with E-state index >= 15 is 0 Å². The van der Waals surface area contributed by atoms with Crippen LogP contribution >= 0.6 is 0 Å². The molecule has 1 N–H and O–H groups in total. The molecule has 1 aromatic rings. The zero-order chi connectivity index (χ0) is 16.4. The first kappa shape index (κ1) is 17.0. The SMILES string of the molecule is C[C@@H](c1ccccc1)N(C)CC(=O)N[C@]1(C)CCS(=O)(=O)C1. The van der Waals surface area contributed by atoms with Crippen molar-refractivity contribution in [2.45, 2.75) is 31.8 Å². The Morgan fingerprint density at radius 2 is 2.00 bits per heavy atom. The standard InChI is InChI=1S/C16H24N2O3S/c1-13(14-7-5-4-6-8-14)18(3)11-15(19)17-16(2)9-10-22(20,21)12-16/h4-8,13H,9-12H2,1-3H3,(H,17,19)/t13-,16+/m0/s1. The average Bonchev–Trinajstić information content (AvgIpc) is 2.72. The maximum atomic E-state index is 12.2. The Labute approximate surface area is 132 Å². The van der Waals surface area contributed by atoms with Gasteiger partial charge >= 0.3 is 0 Å². The third-order valence-electron chi connectivity index (χ3n) is 4.28. The zero-order valence-electron chi connectivity index (χ0n) is 13.4. The lowest BCUT2D eigenvalue weighted by Gasteiger charge is -2.28. The number of hydrogen-bond donors (Lipinski definition) is 1. The summed E-state index contributed by atoms with van der Waals surface area (Å²) in [6.07, 6.45) is 0.485. The zero-order valence-corrected chi connectivity index (χ0v) is 14.2. The van der Waals surface area contributed by atoms with Crippen LogP contribution in [0.25, 0.3) is 0 Å². The smallest absolute Gasteiger partial charge is 0.234 e. The fourth-order valence-electron chi connectivity index (χ4n) is 2.83. The van der Waals surface area contributed by atoms with Crippen LogP contribution in [-0.4, -0.2) is 49.9 Å². The van der Waals surface area contributed by atoms with E-state index in [0.29, 0.717) is 6.42 Å². The Kier molecular flexibility index (Phi) is 4.92. The van der Waals surface area contributed by atoms with Crippen molar-refractivity contribution in [2.24, 2.45) is 0 Å². The highest BCUT2D eigenvalue weighted by Crippen LogP contribution is 2.23. The van der Waals surface area contributed by atoms with Gasteiger partial charge in [0, 0.05) is 6.04 Å². The fourth-order valence-corrected chi connectivity index (χ4v) is 4.93. The maximum Gasteiger partial charge on any atom is 0.234 e. The number of carbonyl (C=O) groups is 1. The average molecular weight is 324 g/mol. The van der Waals surface area contributed by atoms with Gasteiger partial charge in [0.05, 0.1) is 23.6 Å². The van der Waals surface area contributed by atoms with E-state index < -0.39 is 15.4 Å². The summed E-state index contributed by atoms with van der Waals surface area (Å²) in [5.74, 6) is 0.0499. The van der Waals surface area contributed by atoms with Crippen LogP contribution < -0.4 is 5.32 Å². The number of sulfone groups is 1. The van der Waals surface area contributed by atoms with Gasteiger partial charge in [-0.3, -0.25) is 9.69 Å². The molecular formula is C16H24N2O3S. The number of benzene rings is 1. The van der Waals surface area contributed by atoms with Crippen molar-refractivity contribution in [1.29, 1.82) is 0 Å². The molecule has 0 aliphatic carbocycles. The van der Waals surface area contributed by atoms with E-state index in [2.05, 4.69) is 5.32 Å². The molecule has 22 heavy (non-hydrogen) atoms. The molecule has 0 bridgehead atoms. The first-order chi connectivity index (χ1) is 10.2. The van der Waals surface area contributed by atoms with Gasteiger partial charge in [0.2, 0.25) is 5.91 Å². The minimum absolute atomic E-state index is 0.0314. The van der Waals surface area contributed by atoms with E-state index in [9.17, 15) is 13.2 Å². The molecule has 5 nitrogen and oxygen atoms in total. The third kappa shape index (κ3) is 4.30. The summed E-state index contributed by atoms with van der Waals surface area (Å²) >= 11 is 0. The lowest BCUT2D eigenvalue weighted by Crippen LogP contribution is -2.50. The number of likely N-dealkylation sites (N-methyl/N-ethyl adjacent to an activating group) is 1. The molecule has 0 unspecified atom stereocenters. The summed E-state index contributed by atoms with van der Waals surface area (Å²) in [6, 6.07) is 10.1. The topological polar surface area (TPSA) is 66.5 Å². The molecule has 0 radical (unpaired) electrons. The summed E-state index contributed by atoms with van der Waals surface area (Å²) in [6.45, 7) is 4.09. The van der Waals surface area contributed by atoms with E-state index in [1.54, 1.807) is 6.92 Å². The molecule has 1 saturated heterocycles. The second-order valence-corrected chi connectivity index (χ2v) is 8.64. The van der Waals surface area contributed by atoms with Crippen LogP contribution in [0.4, 0.5) is 0 Å². The van der Waals surface area contributed by atoms with Gasteiger partial charge in [0.15, 0.2) is 9.84 Å². The van der Waals surface area contributed by atoms with E-state index in [1.165, 1.54) is 0 Å². The maximum absolute atomic E-state index is 12.2. The molecule has 0 aromatic heterocycles. The normalized spacial score (nSPS) is 25.1. The van der Waals surface area contributed by atoms with Gasteiger partial charge in [0.25, 0.3) is 0 Å². The highest BCUT2D eigenvalue weighted by Gasteiger charge is 2.39. The van der Waals surface area contributed by atoms with E-state index in [4.69, 9.17) is 0 Å². The van der Waals surface area contributed by atoms with Crippen molar-refractivity contribution in [1.82, 2.24) is 10.2 Å². The minimum atomic E-state index is -3.02. The van der Waals surface area contributed by atoms with Crippen molar-refractivity contribution in [3.8, 4) is 0 Å². The number of nitrogens with one attached hydrogen (secondary N) is 1. The summed E-state index contributed by atoms with van der Waals surface area (Å²) in [4.78, 5) is 14.2. The molecule has 1 fully saturated rings. The number of rotatable bonds is 5. The highest BCUT2D eigenvalue weighted by atomic mass is 32.2. The number of carbonyl (C=O) groups excluding carboxylic acids is 1. The van der Waals surface area contributed by atoms with Crippen molar-refractivity contribution >= 4 is 15.7 Å². The largest absolute Gasteiger partial charge is 0.349 e. The summed E-state index contributed by atoms with van der Waals surface area (Å²) in [5.41, 5.74) is 0.514. The molecular weight excluding hydrogens is 300 g/mol. The Morgan fingerprint density at radius 3 is 2.55 bits per heavy atom. The Bertz CT molecular complexity index is 630. The number of amides is 1. The first-order valence-corrected chi connectivity index (χ1v) is 9.30. The lowest BCUT2D eigenvalue weighted by atomic mass is 10.0. The summed E-state index contributed by atoms with van der Waals surface area (Å²) < 4.78 is 23.2. The van der Waals surface area contributed by atoms with Crippen molar-refractivity contribution in [2.75, 3.05) is 25.1 Å². The molecule has 1 aromatic carbocycles. The van der Waals surface area contributed by atoms with E-state index in [0.717, 1.165) is 5.56 Å². The van der Waals surface area contributed by atoms with Crippen molar-refractivity contribution in [3.05, 3.63) is 35.9 Å².